The monoisotopic (exact) mass is 289 g/mol. The number of halogens is 1. The van der Waals surface area contributed by atoms with Gasteiger partial charge in [0.15, 0.2) is 5.03 Å². The molecule has 0 aliphatic rings. The van der Waals surface area contributed by atoms with Crippen molar-refractivity contribution in [3.8, 4) is 6.07 Å². The zero-order valence-electron chi connectivity index (χ0n) is 10.4. The van der Waals surface area contributed by atoms with Crippen molar-refractivity contribution in [1.29, 1.82) is 5.26 Å². The zero-order valence-corrected chi connectivity index (χ0v) is 12.0. The first kappa shape index (κ1) is 15.0. The molecule has 1 rings (SSSR count). The molecule has 7 heteroatoms. The third-order valence-electron chi connectivity index (χ3n) is 2.49. The van der Waals surface area contributed by atoms with Gasteiger partial charge in [0.2, 0.25) is 0 Å². The van der Waals surface area contributed by atoms with E-state index >= 15 is 0 Å². The van der Waals surface area contributed by atoms with Crippen LogP contribution in [0.1, 0.15) is 44.9 Å². The van der Waals surface area contributed by atoms with E-state index in [1.165, 1.54) is 6.20 Å². The first-order chi connectivity index (χ1) is 8.36. The number of imidazole rings is 1. The van der Waals surface area contributed by atoms with E-state index in [-0.39, 0.29) is 10.9 Å². The molecule has 0 aromatic carbocycles. The number of rotatable bonds is 6. The van der Waals surface area contributed by atoms with Crippen molar-refractivity contribution in [2.24, 2.45) is 0 Å². The zero-order chi connectivity index (χ0) is 13.8. The van der Waals surface area contributed by atoms with E-state index in [2.05, 4.69) is 11.1 Å². The Labute approximate surface area is 112 Å². The van der Waals surface area contributed by atoms with E-state index < -0.39 is 9.05 Å². The molecule has 1 aromatic rings. The molecule has 100 valence electrons. The van der Waals surface area contributed by atoms with Crippen molar-refractivity contribution >= 4 is 19.7 Å². The van der Waals surface area contributed by atoms with Crippen LogP contribution in [-0.4, -0.2) is 18.0 Å². The molecular formula is C11H16ClN3O2S. The lowest BCUT2D eigenvalue weighted by molar-refractivity contribution is 0.573. The molecule has 5 nitrogen and oxygen atoms in total. The summed E-state index contributed by atoms with van der Waals surface area (Å²) < 4.78 is 24.3. The average Bonchev–Trinajstić information content (AvgIpc) is 2.68. The Morgan fingerprint density at radius 1 is 1.50 bits per heavy atom. The molecule has 0 fully saturated rings. The van der Waals surface area contributed by atoms with Crippen molar-refractivity contribution in [3.63, 3.8) is 0 Å². The predicted octanol–water partition coefficient (Wildman–Crippen LogP) is 2.63. The third kappa shape index (κ3) is 4.00. The van der Waals surface area contributed by atoms with Crippen LogP contribution in [0.15, 0.2) is 11.2 Å². The molecule has 0 bridgehead atoms. The second-order valence-corrected chi connectivity index (χ2v) is 6.85. The number of aromatic nitrogens is 2. The first-order valence-corrected chi connectivity index (χ1v) is 8.06. The highest BCUT2D eigenvalue weighted by atomic mass is 35.7. The van der Waals surface area contributed by atoms with Crippen molar-refractivity contribution in [2.45, 2.75) is 50.6 Å². The number of aryl methyl sites for hydroxylation is 1. The Hall–Kier alpha value is -1.06. The van der Waals surface area contributed by atoms with Gasteiger partial charge in [-0.3, -0.25) is 0 Å². The Balaban J connectivity index is 2.89. The van der Waals surface area contributed by atoms with Crippen molar-refractivity contribution in [2.75, 3.05) is 0 Å². The highest BCUT2D eigenvalue weighted by molar-refractivity contribution is 8.13. The summed E-state index contributed by atoms with van der Waals surface area (Å²) in [5.41, 5.74) is 0. The van der Waals surface area contributed by atoms with Gasteiger partial charge < -0.3 is 4.57 Å². The van der Waals surface area contributed by atoms with Crippen molar-refractivity contribution in [1.82, 2.24) is 9.55 Å². The normalized spacial score (nSPS) is 11.7. The Bertz CT molecular complexity index is 543. The number of hydrogen-bond donors (Lipinski definition) is 0. The summed E-state index contributed by atoms with van der Waals surface area (Å²) in [6, 6.07) is 2.08. The summed E-state index contributed by atoms with van der Waals surface area (Å²) in [6.07, 6.45) is 3.57. The topological polar surface area (TPSA) is 75.8 Å². The summed E-state index contributed by atoms with van der Waals surface area (Å²) in [7, 11) is 1.50. The fourth-order valence-corrected chi connectivity index (χ4v) is 2.33. The van der Waals surface area contributed by atoms with Crippen molar-refractivity contribution < 1.29 is 8.42 Å². The molecule has 0 spiro atoms. The van der Waals surface area contributed by atoms with Gasteiger partial charge in [-0.25, -0.2) is 13.4 Å². The van der Waals surface area contributed by atoms with Crippen LogP contribution >= 0.6 is 10.7 Å². The highest BCUT2D eigenvalue weighted by Gasteiger charge is 2.19. The molecule has 0 atom stereocenters. The standard InChI is InChI=1S/C11H16ClN3O2S/c1-9(2)11-14-10(18(12,16)17)8-15(11)7-5-3-4-6-13/h8-9H,3-5,7H2,1-2H3. The summed E-state index contributed by atoms with van der Waals surface area (Å²) in [4.78, 5) is 4.06. The third-order valence-corrected chi connectivity index (χ3v) is 3.66. The largest absolute Gasteiger partial charge is 0.333 e. The Kier molecular flexibility index (Phi) is 5.17. The van der Waals surface area contributed by atoms with E-state index in [1.54, 1.807) is 4.57 Å². The van der Waals surface area contributed by atoms with Gasteiger partial charge in [0, 0.05) is 35.8 Å². The first-order valence-electron chi connectivity index (χ1n) is 5.75. The minimum absolute atomic E-state index is 0.104. The van der Waals surface area contributed by atoms with Crippen LogP contribution in [0.5, 0.6) is 0 Å². The van der Waals surface area contributed by atoms with E-state index in [0.717, 1.165) is 12.8 Å². The lowest BCUT2D eigenvalue weighted by Crippen LogP contribution is -2.04. The molecule has 0 aliphatic heterocycles. The highest BCUT2D eigenvalue weighted by Crippen LogP contribution is 2.20. The van der Waals surface area contributed by atoms with Gasteiger partial charge in [0.25, 0.3) is 9.05 Å². The maximum absolute atomic E-state index is 11.2. The fourth-order valence-electron chi connectivity index (χ4n) is 1.65. The van der Waals surface area contributed by atoms with Crippen LogP contribution in [0.2, 0.25) is 0 Å². The lowest BCUT2D eigenvalue weighted by atomic mass is 10.2. The van der Waals surface area contributed by atoms with E-state index in [4.69, 9.17) is 15.9 Å². The summed E-state index contributed by atoms with van der Waals surface area (Å²) in [6.45, 7) is 4.53. The fraction of sp³-hybridized carbons (Fsp3) is 0.636. The number of nitriles is 1. The maximum Gasteiger partial charge on any atom is 0.280 e. The van der Waals surface area contributed by atoms with E-state index in [9.17, 15) is 8.42 Å². The van der Waals surface area contributed by atoms with Gasteiger partial charge in [-0.1, -0.05) is 13.8 Å². The molecule has 0 unspecified atom stereocenters. The summed E-state index contributed by atoms with van der Waals surface area (Å²) >= 11 is 0. The second-order valence-electron chi connectivity index (χ2n) is 4.34. The van der Waals surface area contributed by atoms with Gasteiger partial charge in [-0.2, -0.15) is 5.26 Å². The molecule has 0 amide bonds. The van der Waals surface area contributed by atoms with Crippen LogP contribution < -0.4 is 0 Å². The van der Waals surface area contributed by atoms with Crippen LogP contribution in [0.4, 0.5) is 0 Å². The molecule has 18 heavy (non-hydrogen) atoms. The minimum Gasteiger partial charge on any atom is -0.333 e. The maximum atomic E-state index is 11.2. The van der Waals surface area contributed by atoms with Gasteiger partial charge in [0.1, 0.15) is 5.82 Å². The minimum atomic E-state index is -3.79. The average molecular weight is 290 g/mol. The van der Waals surface area contributed by atoms with Crippen LogP contribution in [0.3, 0.4) is 0 Å². The van der Waals surface area contributed by atoms with Gasteiger partial charge in [-0.05, 0) is 12.8 Å². The molecule has 0 radical (unpaired) electrons. The summed E-state index contributed by atoms with van der Waals surface area (Å²) in [5.74, 6) is 0.819. The Morgan fingerprint density at radius 3 is 2.67 bits per heavy atom. The number of unbranched alkanes of at least 4 members (excludes halogenated alkanes) is 2. The molecule has 0 aliphatic carbocycles. The summed E-state index contributed by atoms with van der Waals surface area (Å²) in [5, 5.41) is 8.35. The van der Waals surface area contributed by atoms with Crippen molar-refractivity contribution in [3.05, 3.63) is 12.0 Å². The number of nitrogens with zero attached hydrogens (tertiary/aromatic N) is 3. The predicted molar refractivity (Wildman–Crippen MR) is 68.8 cm³/mol. The van der Waals surface area contributed by atoms with E-state index in [1.807, 2.05) is 13.8 Å². The quantitative estimate of drug-likeness (QED) is 0.596. The molecule has 0 N–H and O–H groups in total. The van der Waals surface area contributed by atoms with Crippen LogP contribution in [-0.2, 0) is 15.6 Å². The van der Waals surface area contributed by atoms with Gasteiger partial charge >= 0.3 is 0 Å². The molecule has 1 aromatic heterocycles. The van der Waals surface area contributed by atoms with Gasteiger partial charge in [-0.15, -0.1) is 0 Å². The smallest absolute Gasteiger partial charge is 0.280 e. The molecule has 0 saturated heterocycles. The lowest BCUT2D eigenvalue weighted by Gasteiger charge is -2.08. The van der Waals surface area contributed by atoms with Crippen LogP contribution in [0.25, 0.3) is 0 Å². The number of hydrogen-bond acceptors (Lipinski definition) is 4. The molecule has 1 heterocycles. The van der Waals surface area contributed by atoms with E-state index in [0.29, 0.717) is 18.8 Å². The second kappa shape index (κ2) is 6.21. The van der Waals surface area contributed by atoms with Gasteiger partial charge in [0.05, 0.1) is 6.07 Å². The SMILES string of the molecule is CC(C)c1nc(S(=O)(=O)Cl)cn1CCCCC#N. The Morgan fingerprint density at radius 2 is 2.17 bits per heavy atom. The van der Waals surface area contributed by atoms with Crippen LogP contribution in [0, 0.1) is 11.3 Å². The molecular weight excluding hydrogens is 274 g/mol. The molecule has 0 saturated carbocycles.